The predicted octanol–water partition coefficient (Wildman–Crippen LogP) is 2.70. The zero-order chi connectivity index (χ0) is 12.0. The number of nitrogens with zero attached hydrogens (tertiary/aromatic N) is 1. The van der Waals surface area contributed by atoms with Crippen molar-refractivity contribution in [3.63, 3.8) is 0 Å². The Balaban J connectivity index is 2.51. The van der Waals surface area contributed by atoms with Crippen molar-refractivity contribution in [2.24, 2.45) is 5.92 Å². The number of hydrogen-bond acceptors (Lipinski definition) is 2. The van der Waals surface area contributed by atoms with Crippen LogP contribution in [0.15, 0.2) is 24.4 Å². The van der Waals surface area contributed by atoms with E-state index in [1.807, 2.05) is 32.0 Å². The van der Waals surface area contributed by atoms with E-state index in [1.54, 1.807) is 6.20 Å². The first-order valence-corrected chi connectivity index (χ1v) is 5.86. The van der Waals surface area contributed by atoms with Crippen LogP contribution in [0.3, 0.4) is 0 Å². The Hall–Kier alpha value is -1.38. The summed E-state index contributed by atoms with van der Waals surface area (Å²) in [5.74, 6) is 0.191. The summed E-state index contributed by atoms with van der Waals surface area (Å²) in [6.45, 7) is 6.01. The first-order valence-electron chi connectivity index (χ1n) is 5.86. The van der Waals surface area contributed by atoms with Crippen molar-refractivity contribution in [3.8, 4) is 0 Å². The maximum absolute atomic E-state index is 11.8. The summed E-state index contributed by atoms with van der Waals surface area (Å²) >= 11 is 0. The lowest BCUT2D eigenvalue weighted by atomic mass is 10.0. The summed E-state index contributed by atoms with van der Waals surface area (Å²) in [6, 6.07) is 5.71. The van der Waals surface area contributed by atoms with Crippen molar-refractivity contribution in [2.75, 3.05) is 0 Å². The number of hydrogen-bond donors (Lipinski definition) is 1. The Kier molecular flexibility index (Phi) is 4.96. The van der Waals surface area contributed by atoms with Crippen LogP contribution >= 0.6 is 0 Å². The van der Waals surface area contributed by atoms with E-state index >= 15 is 0 Å². The summed E-state index contributed by atoms with van der Waals surface area (Å²) in [5.41, 5.74) is 0.902. The molecule has 2 atom stereocenters. The molecule has 0 spiro atoms. The molecule has 0 saturated carbocycles. The minimum absolute atomic E-state index is 0.0204. The molecule has 0 fully saturated rings. The Morgan fingerprint density at radius 2 is 2.19 bits per heavy atom. The molecular formula is C13H20N2O. The molecule has 0 aliphatic heterocycles. The zero-order valence-electron chi connectivity index (χ0n) is 10.2. The SMILES string of the molecule is CCCC(C)C(=O)NC(C)c1ccccn1. The van der Waals surface area contributed by atoms with Gasteiger partial charge in [-0.15, -0.1) is 0 Å². The summed E-state index contributed by atoms with van der Waals surface area (Å²) in [4.78, 5) is 16.0. The highest BCUT2D eigenvalue weighted by atomic mass is 16.1. The number of nitrogens with one attached hydrogen (secondary N) is 1. The van der Waals surface area contributed by atoms with Crippen LogP contribution in [-0.2, 0) is 4.79 Å². The Bertz CT molecular complexity index is 324. The number of aromatic nitrogens is 1. The molecule has 1 amide bonds. The van der Waals surface area contributed by atoms with E-state index in [9.17, 15) is 4.79 Å². The average molecular weight is 220 g/mol. The molecular weight excluding hydrogens is 200 g/mol. The number of rotatable bonds is 5. The molecule has 88 valence electrons. The molecule has 3 nitrogen and oxygen atoms in total. The summed E-state index contributed by atoms with van der Waals surface area (Å²) in [7, 11) is 0. The lowest BCUT2D eigenvalue weighted by molar-refractivity contribution is -0.125. The second-order valence-electron chi connectivity index (χ2n) is 4.17. The van der Waals surface area contributed by atoms with E-state index in [2.05, 4.69) is 17.2 Å². The largest absolute Gasteiger partial charge is 0.348 e. The van der Waals surface area contributed by atoms with Crippen molar-refractivity contribution < 1.29 is 4.79 Å². The molecule has 0 aliphatic carbocycles. The van der Waals surface area contributed by atoms with Crippen molar-refractivity contribution in [3.05, 3.63) is 30.1 Å². The zero-order valence-corrected chi connectivity index (χ0v) is 10.2. The van der Waals surface area contributed by atoms with Crippen LogP contribution in [0.5, 0.6) is 0 Å². The van der Waals surface area contributed by atoms with Crippen LogP contribution in [0.2, 0.25) is 0 Å². The molecule has 0 saturated heterocycles. The Labute approximate surface area is 97.3 Å². The van der Waals surface area contributed by atoms with Crippen molar-refractivity contribution in [1.82, 2.24) is 10.3 Å². The van der Waals surface area contributed by atoms with Gasteiger partial charge in [0.1, 0.15) is 0 Å². The van der Waals surface area contributed by atoms with E-state index in [1.165, 1.54) is 0 Å². The van der Waals surface area contributed by atoms with Crippen molar-refractivity contribution >= 4 is 5.91 Å². The molecule has 1 rings (SSSR count). The fourth-order valence-electron chi connectivity index (χ4n) is 1.63. The second kappa shape index (κ2) is 6.26. The summed E-state index contributed by atoms with van der Waals surface area (Å²) < 4.78 is 0. The van der Waals surface area contributed by atoms with Gasteiger partial charge in [0.05, 0.1) is 11.7 Å². The van der Waals surface area contributed by atoms with Gasteiger partial charge in [0.2, 0.25) is 5.91 Å². The highest BCUT2D eigenvalue weighted by Gasteiger charge is 2.15. The van der Waals surface area contributed by atoms with E-state index in [-0.39, 0.29) is 17.9 Å². The third kappa shape index (κ3) is 3.65. The van der Waals surface area contributed by atoms with Gasteiger partial charge in [-0.25, -0.2) is 0 Å². The van der Waals surface area contributed by atoms with Crippen LogP contribution in [0.1, 0.15) is 45.3 Å². The van der Waals surface area contributed by atoms with Gasteiger partial charge in [0.15, 0.2) is 0 Å². The molecule has 0 radical (unpaired) electrons. The molecule has 1 aromatic rings. The van der Waals surface area contributed by atoms with Gasteiger partial charge < -0.3 is 5.32 Å². The molecule has 0 aliphatic rings. The molecule has 1 heterocycles. The third-order valence-electron chi connectivity index (χ3n) is 2.66. The standard InChI is InChI=1S/C13H20N2O/c1-4-7-10(2)13(16)15-11(3)12-8-5-6-9-14-12/h5-6,8-11H,4,7H2,1-3H3,(H,15,16). The van der Waals surface area contributed by atoms with Crippen LogP contribution in [0.25, 0.3) is 0 Å². The Morgan fingerprint density at radius 3 is 2.75 bits per heavy atom. The average Bonchev–Trinajstić information content (AvgIpc) is 2.30. The number of carbonyl (C=O) groups excluding carboxylic acids is 1. The topological polar surface area (TPSA) is 42.0 Å². The van der Waals surface area contributed by atoms with Crippen LogP contribution in [0, 0.1) is 5.92 Å². The summed E-state index contributed by atoms with van der Waals surface area (Å²) in [6.07, 6.45) is 3.71. The first kappa shape index (κ1) is 12.7. The fourth-order valence-corrected chi connectivity index (χ4v) is 1.63. The van der Waals surface area contributed by atoms with Crippen molar-refractivity contribution in [1.29, 1.82) is 0 Å². The first-order chi connectivity index (χ1) is 7.65. The fraction of sp³-hybridized carbons (Fsp3) is 0.538. The highest BCUT2D eigenvalue weighted by molar-refractivity contribution is 5.78. The van der Waals surface area contributed by atoms with Crippen LogP contribution in [0.4, 0.5) is 0 Å². The molecule has 16 heavy (non-hydrogen) atoms. The normalized spacial score (nSPS) is 14.2. The number of amides is 1. The lowest BCUT2D eigenvalue weighted by Crippen LogP contribution is -2.31. The monoisotopic (exact) mass is 220 g/mol. The lowest BCUT2D eigenvalue weighted by Gasteiger charge is -2.16. The van der Waals surface area contributed by atoms with Crippen LogP contribution in [-0.4, -0.2) is 10.9 Å². The van der Waals surface area contributed by atoms with Gasteiger partial charge in [-0.05, 0) is 25.5 Å². The molecule has 3 heteroatoms. The summed E-state index contributed by atoms with van der Waals surface area (Å²) in [5, 5.41) is 2.98. The minimum Gasteiger partial charge on any atom is -0.348 e. The van der Waals surface area contributed by atoms with Gasteiger partial charge in [0, 0.05) is 12.1 Å². The minimum atomic E-state index is -0.0204. The third-order valence-corrected chi connectivity index (χ3v) is 2.66. The second-order valence-corrected chi connectivity index (χ2v) is 4.17. The van der Waals surface area contributed by atoms with E-state index in [0.29, 0.717) is 0 Å². The molecule has 0 bridgehead atoms. The van der Waals surface area contributed by atoms with Crippen molar-refractivity contribution in [2.45, 2.75) is 39.7 Å². The van der Waals surface area contributed by atoms with E-state index in [4.69, 9.17) is 0 Å². The van der Waals surface area contributed by atoms with Gasteiger partial charge in [0.25, 0.3) is 0 Å². The number of carbonyl (C=O) groups is 1. The maximum Gasteiger partial charge on any atom is 0.223 e. The predicted molar refractivity (Wildman–Crippen MR) is 64.9 cm³/mol. The van der Waals surface area contributed by atoms with E-state index < -0.39 is 0 Å². The molecule has 2 unspecified atom stereocenters. The van der Waals surface area contributed by atoms with E-state index in [0.717, 1.165) is 18.5 Å². The number of pyridine rings is 1. The molecule has 1 aromatic heterocycles. The molecule has 1 N–H and O–H groups in total. The highest BCUT2D eigenvalue weighted by Crippen LogP contribution is 2.11. The smallest absolute Gasteiger partial charge is 0.223 e. The quantitative estimate of drug-likeness (QED) is 0.829. The van der Waals surface area contributed by atoms with Gasteiger partial charge in [-0.2, -0.15) is 0 Å². The Morgan fingerprint density at radius 1 is 1.44 bits per heavy atom. The van der Waals surface area contributed by atoms with Gasteiger partial charge >= 0.3 is 0 Å². The molecule has 0 aromatic carbocycles. The maximum atomic E-state index is 11.8. The van der Waals surface area contributed by atoms with Crippen LogP contribution < -0.4 is 5.32 Å². The van der Waals surface area contributed by atoms with Gasteiger partial charge in [-0.3, -0.25) is 9.78 Å². The van der Waals surface area contributed by atoms with Gasteiger partial charge in [-0.1, -0.05) is 26.3 Å².